The molecule has 6 nitrogen and oxygen atoms in total. The predicted molar refractivity (Wildman–Crippen MR) is 81.7 cm³/mol. The maximum Gasteiger partial charge on any atom is 0.336 e. The van der Waals surface area contributed by atoms with Gasteiger partial charge in [-0.1, -0.05) is 11.6 Å². The van der Waals surface area contributed by atoms with Gasteiger partial charge in [-0.2, -0.15) is 0 Å². The van der Waals surface area contributed by atoms with E-state index in [0.717, 1.165) is 11.8 Å². The molecule has 0 radical (unpaired) electrons. The molecule has 0 bridgehead atoms. The second-order valence-electron chi connectivity index (χ2n) is 4.35. The van der Waals surface area contributed by atoms with Crippen LogP contribution in [0.25, 0.3) is 6.08 Å². The molecule has 2 aromatic rings. The zero-order valence-electron chi connectivity index (χ0n) is 11.5. The summed E-state index contributed by atoms with van der Waals surface area (Å²) in [6, 6.07) is 7.29. The number of aromatic nitrogens is 1. The van der Waals surface area contributed by atoms with Crippen LogP contribution in [0.2, 0.25) is 5.02 Å². The molecule has 0 aliphatic heterocycles. The molecule has 0 saturated carbocycles. The molecule has 22 heavy (non-hydrogen) atoms. The molecule has 0 amide bonds. The number of pyridine rings is 1. The number of halogens is 1. The van der Waals surface area contributed by atoms with E-state index in [-0.39, 0.29) is 5.69 Å². The highest BCUT2D eigenvalue weighted by atomic mass is 35.5. The van der Waals surface area contributed by atoms with Crippen LogP contribution in [-0.2, 0) is 4.79 Å². The lowest BCUT2D eigenvalue weighted by Crippen LogP contribution is -2.04. The third-order valence-electron chi connectivity index (χ3n) is 2.69. The van der Waals surface area contributed by atoms with Crippen LogP contribution in [-0.4, -0.2) is 15.9 Å². The van der Waals surface area contributed by atoms with Crippen molar-refractivity contribution in [2.24, 2.45) is 0 Å². The summed E-state index contributed by atoms with van der Waals surface area (Å²) in [6.07, 6.45) is 3.94. The number of nitrogens with zero attached hydrogens (tertiary/aromatic N) is 2. The van der Waals surface area contributed by atoms with Gasteiger partial charge in [0.1, 0.15) is 5.75 Å². The second-order valence-corrected chi connectivity index (χ2v) is 4.76. The van der Waals surface area contributed by atoms with E-state index < -0.39 is 10.9 Å². The third-order valence-corrected chi connectivity index (χ3v) is 3.04. The number of esters is 1. The molecule has 0 N–H and O–H groups in total. The van der Waals surface area contributed by atoms with Crippen molar-refractivity contribution in [2.45, 2.75) is 6.92 Å². The van der Waals surface area contributed by atoms with E-state index in [1.807, 2.05) is 6.92 Å². The quantitative estimate of drug-likeness (QED) is 0.372. The van der Waals surface area contributed by atoms with Crippen LogP contribution in [0.3, 0.4) is 0 Å². The van der Waals surface area contributed by atoms with E-state index in [1.54, 1.807) is 12.1 Å². The van der Waals surface area contributed by atoms with Gasteiger partial charge in [-0.15, -0.1) is 0 Å². The lowest BCUT2D eigenvalue weighted by molar-refractivity contribution is -0.384. The lowest BCUT2D eigenvalue weighted by Gasteiger charge is -2.01. The Bertz CT molecular complexity index is 742. The largest absolute Gasteiger partial charge is 0.422 e. The van der Waals surface area contributed by atoms with Crippen LogP contribution < -0.4 is 4.74 Å². The fourth-order valence-electron chi connectivity index (χ4n) is 1.60. The van der Waals surface area contributed by atoms with Gasteiger partial charge in [-0.05, 0) is 31.2 Å². The lowest BCUT2D eigenvalue weighted by atomic mass is 10.2. The Kier molecular flexibility index (Phi) is 4.85. The number of carbonyl (C=O) groups excluding carboxylic acids is 1. The summed E-state index contributed by atoms with van der Waals surface area (Å²) >= 11 is 5.93. The van der Waals surface area contributed by atoms with Gasteiger partial charge in [0.2, 0.25) is 0 Å². The van der Waals surface area contributed by atoms with Gasteiger partial charge in [0.05, 0.1) is 11.1 Å². The Morgan fingerprint density at radius 2 is 2.14 bits per heavy atom. The van der Waals surface area contributed by atoms with Crippen LogP contribution in [0.15, 0.2) is 42.6 Å². The first-order chi connectivity index (χ1) is 10.5. The normalized spacial score (nSPS) is 10.6. The monoisotopic (exact) mass is 318 g/mol. The molecule has 2 rings (SSSR count). The Balaban J connectivity index is 2.10. The average molecular weight is 319 g/mol. The predicted octanol–water partition coefficient (Wildman–Crippen LogP) is 3.57. The molecule has 1 aromatic heterocycles. The van der Waals surface area contributed by atoms with Gasteiger partial charge in [0, 0.05) is 34.5 Å². The highest BCUT2D eigenvalue weighted by Crippen LogP contribution is 2.23. The van der Waals surface area contributed by atoms with Crippen molar-refractivity contribution >= 4 is 29.3 Å². The van der Waals surface area contributed by atoms with E-state index >= 15 is 0 Å². The van der Waals surface area contributed by atoms with Crippen molar-refractivity contribution in [3.63, 3.8) is 0 Å². The first-order valence-electron chi connectivity index (χ1n) is 6.22. The number of nitro groups is 1. The molecule has 0 spiro atoms. The molecular formula is C15H11ClN2O4. The Labute approximate surface area is 131 Å². The number of rotatable bonds is 4. The van der Waals surface area contributed by atoms with Crippen molar-refractivity contribution < 1.29 is 14.5 Å². The number of hydrogen-bond donors (Lipinski definition) is 0. The third kappa shape index (κ3) is 4.13. The summed E-state index contributed by atoms with van der Waals surface area (Å²) in [4.78, 5) is 25.9. The molecule has 1 heterocycles. The molecule has 0 aliphatic rings. The smallest absolute Gasteiger partial charge is 0.336 e. The standard InChI is InChI=1S/C15H11ClN2O4/c1-10-2-5-13(9-17-10)22-15(19)7-3-11-8-12(18(20)21)4-6-14(11)16/h2-9H,1H3/b7-3+. The number of benzene rings is 1. The zero-order valence-corrected chi connectivity index (χ0v) is 12.3. The van der Waals surface area contributed by atoms with Gasteiger partial charge in [-0.25, -0.2) is 4.79 Å². The van der Waals surface area contributed by atoms with Crippen LogP contribution >= 0.6 is 11.6 Å². The van der Waals surface area contributed by atoms with Crippen LogP contribution in [0.4, 0.5) is 5.69 Å². The van der Waals surface area contributed by atoms with E-state index in [2.05, 4.69) is 4.98 Å². The van der Waals surface area contributed by atoms with Gasteiger partial charge in [-0.3, -0.25) is 15.1 Å². The SMILES string of the molecule is Cc1ccc(OC(=O)/C=C/c2cc([N+](=O)[O-])ccc2Cl)cn1. The molecule has 1 aromatic carbocycles. The number of carbonyl (C=O) groups is 1. The minimum Gasteiger partial charge on any atom is -0.422 e. The fraction of sp³-hybridized carbons (Fsp3) is 0.0667. The second kappa shape index (κ2) is 6.82. The van der Waals surface area contributed by atoms with Gasteiger partial charge >= 0.3 is 5.97 Å². The van der Waals surface area contributed by atoms with Gasteiger partial charge < -0.3 is 4.74 Å². The zero-order chi connectivity index (χ0) is 16.1. The maximum absolute atomic E-state index is 11.7. The number of hydrogen-bond acceptors (Lipinski definition) is 5. The van der Waals surface area contributed by atoms with E-state index in [9.17, 15) is 14.9 Å². The molecule has 0 unspecified atom stereocenters. The van der Waals surface area contributed by atoms with Gasteiger partial charge in [0.25, 0.3) is 5.69 Å². The van der Waals surface area contributed by atoms with Crippen molar-refractivity contribution in [2.75, 3.05) is 0 Å². The van der Waals surface area contributed by atoms with Crippen molar-refractivity contribution in [1.82, 2.24) is 4.98 Å². The first kappa shape index (κ1) is 15.7. The topological polar surface area (TPSA) is 82.3 Å². The van der Waals surface area contributed by atoms with Gasteiger partial charge in [0.15, 0.2) is 0 Å². The molecule has 0 aliphatic carbocycles. The molecule has 0 saturated heterocycles. The highest BCUT2D eigenvalue weighted by Gasteiger charge is 2.08. The number of aryl methyl sites for hydroxylation is 1. The van der Waals surface area contributed by atoms with Crippen LogP contribution in [0.5, 0.6) is 5.75 Å². The fourth-order valence-corrected chi connectivity index (χ4v) is 1.78. The number of non-ortho nitro benzene ring substituents is 1. The first-order valence-corrected chi connectivity index (χ1v) is 6.60. The number of nitro benzene ring substituents is 1. The summed E-state index contributed by atoms with van der Waals surface area (Å²) in [6.45, 7) is 1.82. The molecule has 0 atom stereocenters. The van der Waals surface area contributed by atoms with E-state index in [0.29, 0.717) is 16.3 Å². The molecule has 0 fully saturated rings. The summed E-state index contributed by atoms with van der Waals surface area (Å²) in [5.41, 5.74) is 1.05. The minimum absolute atomic E-state index is 0.111. The summed E-state index contributed by atoms with van der Waals surface area (Å²) in [5.74, 6) is -0.321. The molecule has 7 heteroatoms. The molecular weight excluding hydrogens is 308 g/mol. The van der Waals surface area contributed by atoms with Crippen LogP contribution in [0.1, 0.15) is 11.3 Å². The van der Waals surface area contributed by atoms with Crippen molar-refractivity contribution in [3.8, 4) is 5.75 Å². The van der Waals surface area contributed by atoms with Crippen molar-refractivity contribution in [1.29, 1.82) is 0 Å². The summed E-state index contributed by atoms with van der Waals surface area (Å²) < 4.78 is 5.04. The highest BCUT2D eigenvalue weighted by molar-refractivity contribution is 6.32. The van der Waals surface area contributed by atoms with Crippen LogP contribution in [0, 0.1) is 17.0 Å². The molecule has 112 valence electrons. The summed E-state index contributed by atoms with van der Waals surface area (Å²) in [5, 5.41) is 11.0. The Morgan fingerprint density at radius 3 is 2.77 bits per heavy atom. The Morgan fingerprint density at radius 1 is 1.36 bits per heavy atom. The van der Waals surface area contributed by atoms with Crippen molar-refractivity contribution in [3.05, 3.63) is 69.0 Å². The van der Waals surface area contributed by atoms with E-state index in [4.69, 9.17) is 16.3 Å². The van der Waals surface area contributed by atoms with E-state index in [1.165, 1.54) is 30.5 Å². The number of ether oxygens (including phenoxy) is 1. The maximum atomic E-state index is 11.7. The minimum atomic E-state index is -0.631. The Hall–Kier alpha value is -2.73. The summed E-state index contributed by atoms with van der Waals surface area (Å²) in [7, 11) is 0. The average Bonchev–Trinajstić information content (AvgIpc) is 2.48.